The van der Waals surface area contributed by atoms with E-state index < -0.39 is 10.0 Å². The summed E-state index contributed by atoms with van der Waals surface area (Å²) in [6, 6.07) is 10.2. The van der Waals surface area contributed by atoms with E-state index in [9.17, 15) is 13.2 Å². The third kappa shape index (κ3) is 3.98. The standard InChI is InChI=1S/C20H24N2O5S/c1-4-22(13-14-5-9-18(26-2)19(11-14)27-3)28(24,25)16-7-8-17-15(12-16)6-10-20(23)21-17/h5,7-9,11-12H,4,6,10,13H2,1-3H3,(H,21,23). The highest BCUT2D eigenvalue weighted by atomic mass is 32.2. The lowest BCUT2D eigenvalue weighted by Crippen LogP contribution is -2.30. The number of rotatable bonds is 7. The van der Waals surface area contributed by atoms with Crippen LogP contribution in [0.25, 0.3) is 0 Å². The number of ether oxygens (including phenoxy) is 2. The smallest absolute Gasteiger partial charge is 0.243 e. The van der Waals surface area contributed by atoms with Crippen molar-refractivity contribution >= 4 is 21.6 Å². The molecule has 1 N–H and O–H groups in total. The summed E-state index contributed by atoms with van der Waals surface area (Å²) in [6.45, 7) is 2.34. The van der Waals surface area contributed by atoms with Gasteiger partial charge >= 0.3 is 0 Å². The molecule has 0 bridgehead atoms. The molecule has 2 aromatic rings. The van der Waals surface area contributed by atoms with Crippen LogP contribution in [-0.2, 0) is 27.8 Å². The van der Waals surface area contributed by atoms with Gasteiger partial charge in [-0.25, -0.2) is 8.42 Å². The van der Waals surface area contributed by atoms with Crippen molar-refractivity contribution in [3.8, 4) is 11.5 Å². The van der Waals surface area contributed by atoms with Crippen LogP contribution in [0.4, 0.5) is 5.69 Å². The minimum atomic E-state index is -3.68. The number of carbonyl (C=O) groups excluding carboxylic acids is 1. The molecular formula is C20H24N2O5S. The lowest BCUT2D eigenvalue weighted by Gasteiger charge is -2.23. The molecule has 7 nitrogen and oxygen atoms in total. The highest BCUT2D eigenvalue weighted by molar-refractivity contribution is 7.89. The SMILES string of the molecule is CCN(Cc1ccc(OC)c(OC)c1)S(=O)(=O)c1ccc2c(c1)CCC(=O)N2. The lowest BCUT2D eigenvalue weighted by molar-refractivity contribution is -0.116. The molecule has 1 aliphatic rings. The van der Waals surface area contributed by atoms with Crippen molar-refractivity contribution < 1.29 is 22.7 Å². The van der Waals surface area contributed by atoms with Crippen molar-refractivity contribution in [3.63, 3.8) is 0 Å². The number of nitrogens with zero attached hydrogens (tertiary/aromatic N) is 1. The molecule has 0 aliphatic carbocycles. The van der Waals surface area contributed by atoms with E-state index in [4.69, 9.17) is 9.47 Å². The van der Waals surface area contributed by atoms with E-state index in [1.165, 1.54) is 10.4 Å². The molecule has 1 amide bonds. The zero-order chi connectivity index (χ0) is 20.3. The van der Waals surface area contributed by atoms with Crippen LogP contribution in [-0.4, -0.2) is 39.4 Å². The van der Waals surface area contributed by atoms with Crippen molar-refractivity contribution in [2.24, 2.45) is 0 Å². The van der Waals surface area contributed by atoms with Crippen molar-refractivity contribution in [2.45, 2.75) is 31.2 Å². The quantitative estimate of drug-likeness (QED) is 0.767. The molecule has 0 saturated carbocycles. The van der Waals surface area contributed by atoms with Crippen LogP contribution in [0.3, 0.4) is 0 Å². The molecule has 1 heterocycles. The predicted octanol–water partition coefficient (Wildman–Crippen LogP) is 2.80. The van der Waals surface area contributed by atoms with E-state index in [1.54, 1.807) is 45.4 Å². The van der Waals surface area contributed by atoms with Crippen LogP contribution in [0.2, 0.25) is 0 Å². The number of nitrogens with one attached hydrogen (secondary N) is 1. The summed E-state index contributed by atoms with van der Waals surface area (Å²) < 4.78 is 38.3. The van der Waals surface area contributed by atoms with Gasteiger partial charge in [-0.2, -0.15) is 4.31 Å². The maximum Gasteiger partial charge on any atom is 0.243 e. The molecule has 0 atom stereocenters. The fraction of sp³-hybridized carbons (Fsp3) is 0.350. The monoisotopic (exact) mass is 404 g/mol. The highest BCUT2D eigenvalue weighted by Crippen LogP contribution is 2.30. The molecule has 0 spiro atoms. The second kappa shape index (κ2) is 8.20. The van der Waals surface area contributed by atoms with Crippen LogP contribution in [0, 0.1) is 0 Å². The summed E-state index contributed by atoms with van der Waals surface area (Å²) in [7, 11) is -0.585. The van der Waals surface area contributed by atoms with Crippen LogP contribution < -0.4 is 14.8 Å². The summed E-state index contributed by atoms with van der Waals surface area (Å²) in [6.07, 6.45) is 0.895. The van der Waals surface area contributed by atoms with Gasteiger partial charge in [-0.05, 0) is 47.9 Å². The van der Waals surface area contributed by atoms with Gasteiger partial charge in [0, 0.05) is 25.2 Å². The van der Waals surface area contributed by atoms with Gasteiger partial charge in [0.25, 0.3) is 0 Å². The van der Waals surface area contributed by atoms with Gasteiger partial charge in [0.2, 0.25) is 15.9 Å². The molecule has 0 aromatic heterocycles. The summed E-state index contributed by atoms with van der Waals surface area (Å²) in [4.78, 5) is 11.7. The van der Waals surface area contributed by atoms with Gasteiger partial charge in [0.15, 0.2) is 11.5 Å². The second-order valence-electron chi connectivity index (χ2n) is 6.49. The second-order valence-corrected chi connectivity index (χ2v) is 8.43. The maximum absolute atomic E-state index is 13.2. The number of carbonyl (C=O) groups is 1. The van der Waals surface area contributed by atoms with Crippen molar-refractivity contribution in [1.29, 1.82) is 0 Å². The summed E-state index contributed by atoms with van der Waals surface area (Å²) in [5, 5.41) is 2.77. The molecule has 0 unspecified atom stereocenters. The van der Waals surface area contributed by atoms with Gasteiger partial charge < -0.3 is 14.8 Å². The Morgan fingerprint density at radius 1 is 1.04 bits per heavy atom. The Kier molecular flexibility index (Phi) is 5.90. The van der Waals surface area contributed by atoms with Crippen molar-refractivity contribution in [3.05, 3.63) is 47.5 Å². The van der Waals surface area contributed by atoms with E-state index >= 15 is 0 Å². The lowest BCUT2D eigenvalue weighted by atomic mass is 10.0. The predicted molar refractivity (Wildman–Crippen MR) is 106 cm³/mol. The van der Waals surface area contributed by atoms with Crippen molar-refractivity contribution in [1.82, 2.24) is 4.31 Å². The van der Waals surface area contributed by atoms with Crippen LogP contribution in [0.15, 0.2) is 41.3 Å². The average molecular weight is 404 g/mol. The van der Waals surface area contributed by atoms with Crippen LogP contribution >= 0.6 is 0 Å². The topological polar surface area (TPSA) is 84.9 Å². The van der Waals surface area contributed by atoms with Gasteiger partial charge in [-0.15, -0.1) is 0 Å². The van der Waals surface area contributed by atoms with E-state index in [-0.39, 0.29) is 17.3 Å². The number of aryl methyl sites for hydroxylation is 1. The molecule has 150 valence electrons. The highest BCUT2D eigenvalue weighted by Gasteiger charge is 2.26. The fourth-order valence-corrected chi connectivity index (χ4v) is 4.71. The molecule has 0 saturated heterocycles. The number of hydrogen-bond donors (Lipinski definition) is 1. The molecule has 3 rings (SSSR count). The largest absolute Gasteiger partial charge is 0.493 e. The zero-order valence-electron chi connectivity index (χ0n) is 16.2. The zero-order valence-corrected chi connectivity index (χ0v) is 17.0. The van der Waals surface area contributed by atoms with Gasteiger partial charge in [0.1, 0.15) is 0 Å². The summed E-state index contributed by atoms with van der Waals surface area (Å²) in [5.74, 6) is 1.10. The molecule has 1 aliphatic heterocycles. The van der Waals surface area contributed by atoms with E-state index in [1.807, 2.05) is 6.07 Å². The Hall–Kier alpha value is -2.58. The average Bonchev–Trinajstić information content (AvgIpc) is 2.71. The first kappa shape index (κ1) is 20.2. The van der Waals surface area contributed by atoms with Crippen LogP contribution in [0.1, 0.15) is 24.5 Å². The van der Waals surface area contributed by atoms with Gasteiger partial charge in [-0.1, -0.05) is 13.0 Å². The molecule has 8 heteroatoms. The molecule has 28 heavy (non-hydrogen) atoms. The minimum absolute atomic E-state index is 0.0493. The van der Waals surface area contributed by atoms with E-state index in [0.717, 1.165) is 11.1 Å². The first-order valence-corrected chi connectivity index (χ1v) is 10.5. The normalized spacial score (nSPS) is 13.8. The van der Waals surface area contributed by atoms with Crippen LogP contribution in [0.5, 0.6) is 11.5 Å². The molecule has 0 fully saturated rings. The maximum atomic E-state index is 13.2. The number of sulfonamides is 1. The summed E-state index contributed by atoms with van der Waals surface area (Å²) in [5.41, 5.74) is 2.31. The van der Waals surface area contributed by atoms with E-state index in [2.05, 4.69) is 5.32 Å². The first-order chi connectivity index (χ1) is 13.4. The third-order valence-corrected chi connectivity index (χ3v) is 6.69. The Morgan fingerprint density at radius 3 is 2.46 bits per heavy atom. The van der Waals surface area contributed by atoms with Gasteiger partial charge in [-0.3, -0.25) is 4.79 Å². The Bertz CT molecular complexity index is 988. The summed E-state index contributed by atoms with van der Waals surface area (Å²) >= 11 is 0. The van der Waals surface area contributed by atoms with Crippen molar-refractivity contribution in [2.75, 3.05) is 26.1 Å². The van der Waals surface area contributed by atoms with Gasteiger partial charge in [0.05, 0.1) is 19.1 Å². The number of hydrogen-bond acceptors (Lipinski definition) is 5. The fourth-order valence-electron chi connectivity index (χ4n) is 3.22. The number of anilines is 1. The minimum Gasteiger partial charge on any atom is -0.493 e. The molecule has 2 aromatic carbocycles. The van der Waals surface area contributed by atoms with E-state index in [0.29, 0.717) is 36.6 Å². The Balaban J connectivity index is 1.88. The number of fused-ring (bicyclic) bond motifs is 1. The Labute approximate surface area is 165 Å². The first-order valence-electron chi connectivity index (χ1n) is 9.03. The third-order valence-electron chi connectivity index (χ3n) is 4.77. The Morgan fingerprint density at radius 2 is 1.79 bits per heavy atom. The number of amides is 1. The number of methoxy groups -OCH3 is 2. The molecular weight excluding hydrogens is 380 g/mol. The molecule has 0 radical (unpaired) electrons. The number of benzene rings is 2.